The van der Waals surface area contributed by atoms with Crippen LogP contribution in [-0.2, 0) is 14.3 Å². The molecule has 0 unspecified atom stereocenters. The number of ether oxygens (including phenoxy) is 1. The fourth-order valence-electron chi connectivity index (χ4n) is 3.38. The molecule has 0 bridgehead atoms. The number of carbonyl (C=O) groups is 2. The van der Waals surface area contributed by atoms with Gasteiger partial charge in [-0.1, -0.05) is 36.4 Å². The Bertz CT molecular complexity index is 554. The molecule has 0 spiro atoms. The Morgan fingerprint density at radius 3 is 2.90 bits per heavy atom. The first-order valence-electron chi connectivity index (χ1n) is 7.38. The van der Waals surface area contributed by atoms with E-state index in [4.69, 9.17) is 4.74 Å². The van der Waals surface area contributed by atoms with E-state index in [1.165, 1.54) is 6.08 Å². The van der Waals surface area contributed by atoms with E-state index in [2.05, 4.69) is 0 Å². The first-order valence-corrected chi connectivity index (χ1v) is 7.38. The fourth-order valence-corrected chi connectivity index (χ4v) is 3.38. The maximum absolute atomic E-state index is 12.3. The van der Waals surface area contributed by atoms with Gasteiger partial charge in [-0.3, -0.25) is 9.59 Å². The molecule has 3 rings (SSSR count). The highest BCUT2D eigenvalue weighted by Crippen LogP contribution is 2.47. The quantitative estimate of drug-likeness (QED) is 0.617. The van der Waals surface area contributed by atoms with Gasteiger partial charge in [-0.15, -0.1) is 0 Å². The second-order valence-corrected chi connectivity index (χ2v) is 5.55. The second-order valence-electron chi connectivity index (χ2n) is 5.55. The van der Waals surface area contributed by atoms with Crippen LogP contribution in [0.3, 0.4) is 0 Å². The summed E-state index contributed by atoms with van der Waals surface area (Å²) in [5.41, 5.74) is 0.642. The van der Waals surface area contributed by atoms with Gasteiger partial charge in [0.25, 0.3) is 0 Å². The number of allylic oxidation sites excluding steroid dienone is 2. The smallest absolute Gasteiger partial charge is 0.225 e. The van der Waals surface area contributed by atoms with E-state index < -0.39 is 5.72 Å². The van der Waals surface area contributed by atoms with Gasteiger partial charge >= 0.3 is 0 Å². The van der Waals surface area contributed by atoms with Crippen LogP contribution in [0, 0.1) is 0 Å². The summed E-state index contributed by atoms with van der Waals surface area (Å²) in [6.45, 7) is 0.549. The van der Waals surface area contributed by atoms with Crippen molar-refractivity contribution in [3.05, 3.63) is 48.0 Å². The van der Waals surface area contributed by atoms with E-state index in [1.54, 1.807) is 0 Å². The average Bonchev–Trinajstić information content (AvgIpc) is 3.04. The van der Waals surface area contributed by atoms with Crippen LogP contribution in [0.5, 0.6) is 0 Å². The summed E-state index contributed by atoms with van der Waals surface area (Å²) in [7, 11) is 0. The van der Waals surface area contributed by atoms with Gasteiger partial charge in [-0.25, -0.2) is 0 Å². The van der Waals surface area contributed by atoms with Crippen LogP contribution in [-0.4, -0.2) is 29.4 Å². The van der Waals surface area contributed by atoms with Gasteiger partial charge in [0.05, 0.1) is 12.6 Å². The van der Waals surface area contributed by atoms with Gasteiger partial charge in [0.2, 0.25) is 5.91 Å². The van der Waals surface area contributed by atoms with Gasteiger partial charge in [-0.05, 0) is 24.5 Å². The summed E-state index contributed by atoms with van der Waals surface area (Å²) in [6, 6.07) is 10.1. The minimum Gasteiger partial charge on any atom is -0.353 e. The Morgan fingerprint density at radius 2 is 2.14 bits per heavy atom. The highest BCUT2D eigenvalue weighted by Gasteiger charge is 2.53. The maximum atomic E-state index is 12.3. The van der Waals surface area contributed by atoms with Gasteiger partial charge in [-0.2, -0.15) is 0 Å². The standard InChI is InChI=1S/C17H19NO3/c19-12-6-2-5-10-17-11-9-16(20)18(17)15(13-21-17)14-7-3-1-4-8-14/h1-4,6-8,12,15H,5,9-11,13H2/b6-2+/t15-,17-/m0/s1. The van der Waals surface area contributed by atoms with Crippen molar-refractivity contribution in [2.24, 2.45) is 0 Å². The fraction of sp³-hybridized carbons (Fsp3) is 0.412. The molecule has 2 fully saturated rings. The summed E-state index contributed by atoms with van der Waals surface area (Å²) in [4.78, 5) is 24.6. The Kier molecular flexibility index (Phi) is 3.88. The number of benzene rings is 1. The van der Waals surface area contributed by atoms with Gasteiger partial charge < -0.3 is 9.64 Å². The molecule has 4 heteroatoms. The van der Waals surface area contributed by atoms with Crippen molar-refractivity contribution in [3.8, 4) is 0 Å². The summed E-state index contributed by atoms with van der Waals surface area (Å²) >= 11 is 0. The number of aldehydes is 1. The van der Waals surface area contributed by atoms with Gasteiger partial charge in [0, 0.05) is 12.8 Å². The van der Waals surface area contributed by atoms with Crippen LogP contribution in [0.25, 0.3) is 0 Å². The normalized spacial score (nSPS) is 28.3. The van der Waals surface area contributed by atoms with Crippen LogP contribution in [0.2, 0.25) is 0 Å². The van der Waals surface area contributed by atoms with E-state index in [9.17, 15) is 9.59 Å². The van der Waals surface area contributed by atoms with Crippen molar-refractivity contribution >= 4 is 12.2 Å². The summed E-state index contributed by atoms with van der Waals surface area (Å²) in [6.07, 6.45) is 6.88. The average molecular weight is 285 g/mol. The zero-order valence-corrected chi connectivity index (χ0v) is 11.9. The first kappa shape index (κ1) is 14.0. The molecule has 4 nitrogen and oxygen atoms in total. The SMILES string of the molecule is O=C/C=C/CC[C@]12CCC(=O)N1[C@H](c1ccccc1)CO2. The number of fused-ring (bicyclic) bond motifs is 1. The van der Waals surface area contributed by atoms with E-state index in [-0.39, 0.29) is 11.9 Å². The van der Waals surface area contributed by atoms with Crippen LogP contribution in [0.15, 0.2) is 42.5 Å². The lowest BCUT2D eigenvalue weighted by Crippen LogP contribution is -2.42. The molecule has 1 aromatic rings. The monoisotopic (exact) mass is 285 g/mol. The van der Waals surface area contributed by atoms with Gasteiger partial charge in [0.1, 0.15) is 12.0 Å². The lowest BCUT2D eigenvalue weighted by atomic mass is 10.0. The number of amides is 1. The predicted octanol–water partition coefficient (Wildman–Crippen LogP) is 2.61. The number of nitrogens with zero attached hydrogens (tertiary/aromatic N) is 1. The predicted molar refractivity (Wildman–Crippen MR) is 78.4 cm³/mol. The second kappa shape index (κ2) is 5.82. The molecule has 21 heavy (non-hydrogen) atoms. The largest absolute Gasteiger partial charge is 0.353 e. The molecule has 0 aliphatic carbocycles. The molecule has 1 amide bonds. The Labute approximate surface area is 124 Å². The third-order valence-corrected chi connectivity index (χ3v) is 4.36. The highest BCUT2D eigenvalue weighted by atomic mass is 16.5. The molecule has 0 N–H and O–H groups in total. The minimum absolute atomic E-state index is 0.0104. The van der Waals surface area contributed by atoms with Crippen LogP contribution >= 0.6 is 0 Å². The van der Waals surface area contributed by atoms with E-state index in [0.29, 0.717) is 13.0 Å². The van der Waals surface area contributed by atoms with E-state index in [1.807, 2.05) is 41.3 Å². The van der Waals surface area contributed by atoms with E-state index >= 15 is 0 Å². The zero-order chi connectivity index (χ0) is 14.7. The van der Waals surface area contributed by atoms with Crippen molar-refractivity contribution in [2.45, 2.75) is 37.5 Å². The van der Waals surface area contributed by atoms with Crippen molar-refractivity contribution in [1.29, 1.82) is 0 Å². The Balaban J connectivity index is 1.81. The van der Waals surface area contributed by atoms with Crippen LogP contribution in [0.4, 0.5) is 0 Å². The molecule has 2 saturated heterocycles. The molecule has 1 aromatic carbocycles. The third kappa shape index (κ3) is 2.51. The topological polar surface area (TPSA) is 46.6 Å². The molecule has 0 radical (unpaired) electrons. The van der Waals surface area contributed by atoms with E-state index in [0.717, 1.165) is 31.1 Å². The summed E-state index contributed by atoms with van der Waals surface area (Å²) in [5.74, 6) is 0.167. The Hall–Kier alpha value is -1.94. The molecule has 2 heterocycles. The van der Waals surface area contributed by atoms with Crippen LogP contribution < -0.4 is 0 Å². The van der Waals surface area contributed by atoms with Crippen molar-refractivity contribution < 1.29 is 14.3 Å². The molecule has 0 aromatic heterocycles. The highest BCUT2D eigenvalue weighted by molar-refractivity contribution is 5.80. The summed E-state index contributed by atoms with van der Waals surface area (Å²) < 4.78 is 6.07. The molecule has 2 aliphatic rings. The minimum atomic E-state index is -0.481. The first-order chi connectivity index (χ1) is 10.3. The van der Waals surface area contributed by atoms with Crippen molar-refractivity contribution in [2.75, 3.05) is 6.61 Å². The molecule has 2 aliphatic heterocycles. The van der Waals surface area contributed by atoms with Gasteiger partial charge in [0.15, 0.2) is 0 Å². The molecular formula is C17H19NO3. The number of rotatable bonds is 5. The van der Waals surface area contributed by atoms with Crippen molar-refractivity contribution in [1.82, 2.24) is 4.90 Å². The molecular weight excluding hydrogens is 266 g/mol. The molecule has 0 saturated carbocycles. The Morgan fingerprint density at radius 1 is 1.33 bits per heavy atom. The number of hydrogen-bond donors (Lipinski definition) is 0. The number of hydrogen-bond acceptors (Lipinski definition) is 3. The van der Waals surface area contributed by atoms with Crippen molar-refractivity contribution in [3.63, 3.8) is 0 Å². The molecule has 110 valence electrons. The summed E-state index contributed by atoms with van der Waals surface area (Å²) in [5, 5.41) is 0. The third-order valence-electron chi connectivity index (χ3n) is 4.36. The van der Waals surface area contributed by atoms with Crippen LogP contribution in [0.1, 0.15) is 37.3 Å². The zero-order valence-electron chi connectivity index (χ0n) is 11.9. The molecule has 2 atom stereocenters. The maximum Gasteiger partial charge on any atom is 0.225 e. The lowest BCUT2D eigenvalue weighted by molar-refractivity contribution is -0.139. The lowest BCUT2D eigenvalue weighted by Gasteiger charge is -2.33. The number of carbonyl (C=O) groups excluding carboxylic acids is 2.